The van der Waals surface area contributed by atoms with Crippen LogP contribution in [0.1, 0.15) is 56.6 Å². The lowest BCUT2D eigenvalue weighted by atomic mass is 10.2. The van der Waals surface area contributed by atoms with E-state index in [0.717, 1.165) is 11.4 Å². The van der Waals surface area contributed by atoms with E-state index in [2.05, 4.69) is 4.98 Å². The first kappa shape index (κ1) is 14.6. The van der Waals surface area contributed by atoms with Gasteiger partial charge in [0.25, 0.3) is 0 Å². The first-order valence-electron chi connectivity index (χ1n) is 6.80. The van der Waals surface area contributed by atoms with Gasteiger partial charge < -0.3 is 9.30 Å². The van der Waals surface area contributed by atoms with Crippen molar-refractivity contribution >= 4 is 11.9 Å². The van der Waals surface area contributed by atoms with Crippen LogP contribution in [0.15, 0.2) is 0 Å². The summed E-state index contributed by atoms with van der Waals surface area (Å²) in [4.78, 5) is 29.6. The van der Waals surface area contributed by atoms with Gasteiger partial charge in [-0.3, -0.25) is 9.69 Å². The van der Waals surface area contributed by atoms with Crippen LogP contribution in [0.3, 0.4) is 0 Å². The van der Waals surface area contributed by atoms with Crippen molar-refractivity contribution in [2.24, 2.45) is 0 Å². The molecule has 0 radical (unpaired) electrons. The predicted molar refractivity (Wildman–Crippen MR) is 73.4 cm³/mol. The smallest absolute Gasteiger partial charge is 0.410 e. The third-order valence-electron chi connectivity index (χ3n) is 3.12. The quantitative estimate of drug-likeness (QED) is 0.779. The van der Waals surface area contributed by atoms with Gasteiger partial charge in [0.2, 0.25) is 0 Å². The normalized spacial score (nSPS) is 14.3. The van der Waals surface area contributed by atoms with Crippen molar-refractivity contribution in [3.8, 4) is 0 Å². The summed E-state index contributed by atoms with van der Waals surface area (Å²) in [5.41, 5.74) is 1.22. The van der Waals surface area contributed by atoms with Gasteiger partial charge in [0.05, 0.1) is 24.5 Å². The average molecular weight is 279 g/mol. The molecule has 1 aliphatic heterocycles. The van der Waals surface area contributed by atoms with Gasteiger partial charge in [0, 0.05) is 13.5 Å². The van der Waals surface area contributed by atoms with Gasteiger partial charge in [-0.15, -0.1) is 0 Å². The summed E-state index contributed by atoms with van der Waals surface area (Å²) < 4.78 is 7.23. The molecule has 0 atom stereocenters. The Hall–Kier alpha value is -1.85. The molecule has 0 saturated heterocycles. The van der Waals surface area contributed by atoms with E-state index in [9.17, 15) is 9.59 Å². The molecule has 6 nitrogen and oxygen atoms in total. The number of carbonyl (C=O) groups is 2. The van der Waals surface area contributed by atoms with Gasteiger partial charge in [-0.1, -0.05) is 0 Å². The number of carbonyl (C=O) groups excluding carboxylic acids is 2. The molecular formula is C14H21N3O3. The SMILES string of the molecule is CCn1c(C(C)=O)nc2c1CN(C(=O)OC(C)(C)C)C2. The van der Waals surface area contributed by atoms with Crippen LogP contribution >= 0.6 is 0 Å². The summed E-state index contributed by atoms with van der Waals surface area (Å²) >= 11 is 0. The van der Waals surface area contributed by atoms with Crippen molar-refractivity contribution in [1.29, 1.82) is 0 Å². The highest BCUT2D eigenvalue weighted by Gasteiger charge is 2.32. The minimum absolute atomic E-state index is 0.0509. The fourth-order valence-electron chi connectivity index (χ4n) is 2.32. The first-order valence-corrected chi connectivity index (χ1v) is 6.80. The fourth-order valence-corrected chi connectivity index (χ4v) is 2.32. The molecule has 0 saturated carbocycles. The van der Waals surface area contributed by atoms with E-state index >= 15 is 0 Å². The zero-order valence-corrected chi connectivity index (χ0v) is 12.7. The maximum atomic E-state index is 12.0. The highest BCUT2D eigenvalue weighted by molar-refractivity contribution is 5.91. The van der Waals surface area contributed by atoms with Crippen LogP contribution < -0.4 is 0 Å². The average Bonchev–Trinajstić information content (AvgIpc) is 2.82. The van der Waals surface area contributed by atoms with Crippen LogP contribution in [-0.2, 0) is 24.4 Å². The molecule has 1 aliphatic rings. The molecule has 0 aliphatic carbocycles. The zero-order chi connectivity index (χ0) is 15.1. The number of hydrogen-bond donors (Lipinski definition) is 0. The van der Waals surface area contributed by atoms with Gasteiger partial charge in [0.15, 0.2) is 11.6 Å². The molecule has 2 heterocycles. The molecular weight excluding hydrogens is 258 g/mol. The van der Waals surface area contributed by atoms with Crippen LogP contribution in [0.4, 0.5) is 4.79 Å². The third kappa shape index (κ3) is 2.69. The minimum atomic E-state index is -0.512. The molecule has 20 heavy (non-hydrogen) atoms. The Labute approximate surface area is 118 Å². The summed E-state index contributed by atoms with van der Waals surface area (Å²) in [5, 5.41) is 0. The van der Waals surface area contributed by atoms with E-state index in [1.54, 1.807) is 4.90 Å². The summed E-state index contributed by atoms with van der Waals surface area (Å²) in [6.07, 6.45) is -0.345. The summed E-state index contributed by atoms with van der Waals surface area (Å²) in [6.45, 7) is 10.5. The van der Waals surface area contributed by atoms with Crippen molar-refractivity contribution in [3.63, 3.8) is 0 Å². The molecule has 0 unspecified atom stereocenters. The van der Waals surface area contributed by atoms with E-state index in [4.69, 9.17) is 4.74 Å². The topological polar surface area (TPSA) is 64.4 Å². The van der Waals surface area contributed by atoms with E-state index in [1.807, 2.05) is 32.3 Å². The molecule has 1 amide bonds. The number of aromatic nitrogens is 2. The zero-order valence-electron chi connectivity index (χ0n) is 12.7. The Morgan fingerprint density at radius 1 is 1.30 bits per heavy atom. The number of amides is 1. The molecule has 0 fully saturated rings. The number of ketones is 1. The van der Waals surface area contributed by atoms with Gasteiger partial charge in [0.1, 0.15) is 5.60 Å². The molecule has 0 spiro atoms. The molecule has 2 rings (SSSR count). The highest BCUT2D eigenvalue weighted by atomic mass is 16.6. The van der Waals surface area contributed by atoms with E-state index < -0.39 is 5.60 Å². The highest BCUT2D eigenvalue weighted by Crippen LogP contribution is 2.25. The number of nitrogens with zero attached hydrogens (tertiary/aromatic N) is 3. The second-order valence-corrected chi connectivity index (χ2v) is 5.97. The van der Waals surface area contributed by atoms with Gasteiger partial charge in [-0.25, -0.2) is 9.78 Å². The second kappa shape index (κ2) is 4.92. The van der Waals surface area contributed by atoms with E-state index in [1.165, 1.54) is 6.92 Å². The van der Waals surface area contributed by atoms with Crippen molar-refractivity contribution in [2.75, 3.05) is 0 Å². The second-order valence-electron chi connectivity index (χ2n) is 5.97. The van der Waals surface area contributed by atoms with Gasteiger partial charge in [-0.05, 0) is 27.7 Å². The van der Waals surface area contributed by atoms with Gasteiger partial charge in [-0.2, -0.15) is 0 Å². The Morgan fingerprint density at radius 3 is 2.45 bits per heavy atom. The lowest BCUT2D eigenvalue weighted by molar-refractivity contribution is 0.0237. The molecule has 1 aromatic rings. The fraction of sp³-hybridized carbons (Fsp3) is 0.643. The molecule has 0 aromatic carbocycles. The largest absolute Gasteiger partial charge is 0.444 e. The molecule has 6 heteroatoms. The minimum Gasteiger partial charge on any atom is -0.444 e. The summed E-state index contributed by atoms with van der Waals surface area (Å²) in [7, 11) is 0. The Bertz CT molecular complexity index is 555. The lowest BCUT2D eigenvalue weighted by Crippen LogP contribution is -2.34. The van der Waals surface area contributed by atoms with Crippen LogP contribution in [-0.4, -0.2) is 31.9 Å². The number of Topliss-reactive ketones (excluding diaryl/α,β-unsaturated/α-hetero) is 1. The number of hydrogen-bond acceptors (Lipinski definition) is 4. The van der Waals surface area contributed by atoms with Crippen molar-refractivity contribution in [2.45, 2.75) is 59.9 Å². The van der Waals surface area contributed by atoms with Crippen LogP contribution in [0.25, 0.3) is 0 Å². The standard InChI is InChI=1S/C14H21N3O3/c1-6-17-11-8-16(13(19)20-14(3,4)5)7-10(11)15-12(17)9(2)18/h6-8H2,1-5H3. The number of ether oxygens (including phenoxy) is 1. The maximum absolute atomic E-state index is 12.0. The van der Waals surface area contributed by atoms with E-state index in [-0.39, 0.29) is 11.9 Å². The Morgan fingerprint density at radius 2 is 1.95 bits per heavy atom. The lowest BCUT2D eigenvalue weighted by Gasteiger charge is -2.24. The molecule has 0 N–H and O–H groups in total. The third-order valence-corrected chi connectivity index (χ3v) is 3.12. The van der Waals surface area contributed by atoms with Crippen molar-refractivity contribution in [1.82, 2.24) is 14.5 Å². The first-order chi connectivity index (χ1) is 9.23. The molecule has 110 valence electrons. The van der Waals surface area contributed by atoms with Crippen LogP contribution in [0.2, 0.25) is 0 Å². The monoisotopic (exact) mass is 279 g/mol. The summed E-state index contributed by atoms with van der Waals surface area (Å²) in [5.74, 6) is 0.423. The predicted octanol–water partition coefficient (Wildman–Crippen LogP) is 2.36. The maximum Gasteiger partial charge on any atom is 0.410 e. The van der Waals surface area contributed by atoms with E-state index in [0.29, 0.717) is 25.5 Å². The molecule has 1 aromatic heterocycles. The Kier molecular flexibility index (Phi) is 3.58. The van der Waals surface area contributed by atoms with Crippen molar-refractivity contribution in [3.05, 3.63) is 17.2 Å². The van der Waals surface area contributed by atoms with Crippen LogP contribution in [0, 0.1) is 0 Å². The van der Waals surface area contributed by atoms with Crippen LogP contribution in [0.5, 0.6) is 0 Å². The number of imidazole rings is 1. The summed E-state index contributed by atoms with van der Waals surface area (Å²) in [6, 6.07) is 0. The van der Waals surface area contributed by atoms with Gasteiger partial charge >= 0.3 is 6.09 Å². The number of rotatable bonds is 2. The molecule has 0 bridgehead atoms. The van der Waals surface area contributed by atoms with Crippen molar-refractivity contribution < 1.29 is 14.3 Å². The Balaban J connectivity index is 2.18. The number of fused-ring (bicyclic) bond motifs is 1.